The van der Waals surface area contributed by atoms with Crippen LogP contribution in [0.2, 0.25) is 0 Å². The van der Waals surface area contributed by atoms with Gasteiger partial charge in [-0.2, -0.15) is 0 Å². The van der Waals surface area contributed by atoms with Gasteiger partial charge >= 0.3 is 0 Å². The summed E-state index contributed by atoms with van der Waals surface area (Å²) in [6, 6.07) is 3.80. The van der Waals surface area contributed by atoms with E-state index in [1.807, 2.05) is 12.1 Å². The zero-order valence-corrected chi connectivity index (χ0v) is 8.87. The number of anilines is 2. The van der Waals surface area contributed by atoms with Crippen LogP contribution in [0.1, 0.15) is 12.8 Å². The van der Waals surface area contributed by atoms with Crippen LogP contribution in [0.25, 0.3) is 0 Å². The third-order valence-corrected chi connectivity index (χ3v) is 2.82. The average molecular weight is 206 g/mol. The third kappa shape index (κ3) is 3.09. The van der Waals surface area contributed by atoms with Crippen molar-refractivity contribution in [1.29, 1.82) is 0 Å². The smallest absolute Gasteiger partial charge is 0.126 e. The van der Waals surface area contributed by atoms with Crippen molar-refractivity contribution in [3.05, 3.63) is 18.3 Å². The second-order valence-corrected chi connectivity index (χ2v) is 4.05. The number of hydrogen-bond acceptors (Lipinski definition) is 4. The van der Waals surface area contributed by atoms with E-state index in [0.29, 0.717) is 5.69 Å². The normalized spacial score (nSPS) is 17.6. The molecule has 2 rings (SSSR count). The molecule has 1 aromatic rings. The molecule has 4 heteroatoms. The zero-order valence-electron chi connectivity index (χ0n) is 8.87. The summed E-state index contributed by atoms with van der Waals surface area (Å²) in [6.45, 7) is 3.29. The van der Waals surface area contributed by atoms with Gasteiger partial charge in [0.15, 0.2) is 0 Å². The van der Waals surface area contributed by atoms with E-state index in [-0.39, 0.29) is 0 Å². The van der Waals surface area contributed by atoms with E-state index in [9.17, 15) is 0 Å². The lowest BCUT2D eigenvalue weighted by Gasteiger charge is -2.22. The van der Waals surface area contributed by atoms with Crippen LogP contribution >= 0.6 is 0 Å². The summed E-state index contributed by atoms with van der Waals surface area (Å²) >= 11 is 0. The predicted octanol–water partition coefficient (Wildman–Crippen LogP) is 1.08. The van der Waals surface area contributed by atoms with Crippen LogP contribution in [-0.2, 0) is 0 Å². The highest BCUT2D eigenvalue weighted by Crippen LogP contribution is 2.13. The van der Waals surface area contributed by atoms with Gasteiger partial charge in [0.25, 0.3) is 0 Å². The molecule has 2 heterocycles. The number of nitrogen functional groups attached to an aromatic ring is 1. The molecule has 0 atom stereocenters. The Labute approximate surface area is 90.3 Å². The molecule has 0 aromatic carbocycles. The quantitative estimate of drug-likeness (QED) is 0.692. The van der Waals surface area contributed by atoms with Gasteiger partial charge in [-0.05, 0) is 44.0 Å². The highest BCUT2D eigenvalue weighted by molar-refractivity contribution is 5.43. The molecule has 82 valence electrons. The number of pyridine rings is 1. The Morgan fingerprint density at radius 2 is 2.20 bits per heavy atom. The maximum absolute atomic E-state index is 5.57. The lowest BCUT2D eigenvalue weighted by atomic mass is 9.98. The van der Waals surface area contributed by atoms with Crippen LogP contribution in [0.4, 0.5) is 11.5 Å². The topological polar surface area (TPSA) is 63.0 Å². The van der Waals surface area contributed by atoms with Crippen molar-refractivity contribution in [3.8, 4) is 0 Å². The van der Waals surface area contributed by atoms with Crippen LogP contribution in [-0.4, -0.2) is 24.6 Å². The number of nitrogens with zero attached hydrogens (tertiary/aromatic N) is 1. The standard InChI is InChI=1S/C11H18N4/c12-10-1-2-11(15-8-10)14-7-9-3-5-13-6-4-9/h1-2,8-9,13H,3-7,12H2,(H,14,15). The SMILES string of the molecule is Nc1ccc(NCC2CCNCC2)nc1. The number of rotatable bonds is 3. The highest BCUT2D eigenvalue weighted by atomic mass is 15.0. The Balaban J connectivity index is 1.79. The van der Waals surface area contributed by atoms with Crippen LogP contribution in [0.15, 0.2) is 18.3 Å². The molecule has 1 fully saturated rings. The van der Waals surface area contributed by atoms with Gasteiger partial charge in [-0.25, -0.2) is 4.98 Å². The minimum absolute atomic E-state index is 0.711. The van der Waals surface area contributed by atoms with Gasteiger partial charge in [0, 0.05) is 6.54 Å². The fourth-order valence-corrected chi connectivity index (χ4v) is 1.84. The van der Waals surface area contributed by atoms with Gasteiger partial charge in [0.05, 0.1) is 11.9 Å². The van der Waals surface area contributed by atoms with E-state index in [2.05, 4.69) is 15.6 Å². The molecule has 1 saturated heterocycles. The maximum Gasteiger partial charge on any atom is 0.126 e. The lowest BCUT2D eigenvalue weighted by Crippen LogP contribution is -2.31. The Hall–Kier alpha value is -1.29. The molecule has 1 aromatic heterocycles. The van der Waals surface area contributed by atoms with E-state index in [1.54, 1.807) is 6.20 Å². The minimum atomic E-state index is 0.711. The summed E-state index contributed by atoms with van der Waals surface area (Å²) in [7, 11) is 0. The van der Waals surface area contributed by atoms with Crippen molar-refractivity contribution in [2.75, 3.05) is 30.7 Å². The van der Waals surface area contributed by atoms with Crippen molar-refractivity contribution in [2.24, 2.45) is 5.92 Å². The molecule has 0 amide bonds. The second kappa shape index (κ2) is 4.98. The fourth-order valence-electron chi connectivity index (χ4n) is 1.84. The van der Waals surface area contributed by atoms with Crippen molar-refractivity contribution < 1.29 is 0 Å². The van der Waals surface area contributed by atoms with Gasteiger partial charge in [-0.3, -0.25) is 0 Å². The summed E-state index contributed by atoms with van der Waals surface area (Å²) in [5.74, 6) is 1.69. The summed E-state index contributed by atoms with van der Waals surface area (Å²) in [5, 5.41) is 6.71. The Morgan fingerprint density at radius 3 is 2.87 bits per heavy atom. The molecule has 0 unspecified atom stereocenters. The number of piperidine rings is 1. The summed E-state index contributed by atoms with van der Waals surface area (Å²) in [5.41, 5.74) is 6.28. The Morgan fingerprint density at radius 1 is 1.40 bits per heavy atom. The lowest BCUT2D eigenvalue weighted by molar-refractivity contribution is 0.389. The molecule has 4 nitrogen and oxygen atoms in total. The molecule has 0 radical (unpaired) electrons. The number of nitrogens with one attached hydrogen (secondary N) is 2. The van der Waals surface area contributed by atoms with Gasteiger partial charge in [-0.15, -0.1) is 0 Å². The van der Waals surface area contributed by atoms with Crippen LogP contribution in [0.5, 0.6) is 0 Å². The van der Waals surface area contributed by atoms with Crippen molar-refractivity contribution in [1.82, 2.24) is 10.3 Å². The molecular weight excluding hydrogens is 188 g/mol. The second-order valence-electron chi connectivity index (χ2n) is 4.05. The first-order valence-electron chi connectivity index (χ1n) is 5.51. The molecule has 15 heavy (non-hydrogen) atoms. The van der Waals surface area contributed by atoms with Gasteiger partial charge < -0.3 is 16.4 Å². The fraction of sp³-hybridized carbons (Fsp3) is 0.545. The third-order valence-electron chi connectivity index (χ3n) is 2.82. The largest absolute Gasteiger partial charge is 0.397 e. The van der Waals surface area contributed by atoms with Crippen molar-refractivity contribution in [2.45, 2.75) is 12.8 Å². The average Bonchev–Trinajstić information content (AvgIpc) is 2.30. The Bertz CT molecular complexity index is 290. The van der Waals surface area contributed by atoms with E-state index >= 15 is 0 Å². The zero-order chi connectivity index (χ0) is 10.5. The minimum Gasteiger partial charge on any atom is -0.397 e. The van der Waals surface area contributed by atoms with Crippen LogP contribution < -0.4 is 16.4 Å². The van der Waals surface area contributed by atoms with E-state index in [1.165, 1.54) is 12.8 Å². The molecule has 1 aliphatic heterocycles. The van der Waals surface area contributed by atoms with Crippen LogP contribution in [0.3, 0.4) is 0 Å². The molecule has 0 spiro atoms. The first kappa shape index (κ1) is 10.2. The number of nitrogens with two attached hydrogens (primary N) is 1. The number of aromatic nitrogens is 1. The molecule has 0 bridgehead atoms. The molecule has 0 saturated carbocycles. The highest BCUT2D eigenvalue weighted by Gasteiger charge is 2.12. The van der Waals surface area contributed by atoms with Gasteiger partial charge in [0.2, 0.25) is 0 Å². The van der Waals surface area contributed by atoms with Crippen molar-refractivity contribution >= 4 is 11.5 Å². The maximum atomic E-state index is 5.57. The monoisotopic (exact) mass is 206 g/mol. The van der Waals surface area contributed by atoms with E-state index in [0.717, 1.165) is 31.4 Å². The van der Waals surface area contributed by atoms with Gasteiger partial charge in [0.1, 0.15) is 5.82 Å². The van der Waals surface area contributed by atoms with Crippen LogP contribution in [0, 0.1) is 5.92 Å². The molecular formula is C11H18N4. The predicted molar refractivity (Wildman–Crippen MR) is 62.7 cm³/mol. The summed E-state index contributed by atoms with van der Waals surface area (Å²) in [4.78, 5) is 4.21. The molecule has 4 N–H and O–H groups in total. The number of hydrogen-bond donors (Lipinski definition) is 3. The van der Waals surface area contributed by atoms with Gasteiger partial charge in [-0.1, -0.05) is 0 Å². The first-order valence-corrected chi connectivity index (χ1v) is 5.51. The Kier molecular flexibility index (Phi) is 3.40. The summed E-state index contributed by atoms with van der Waals surface area (Å²) in [6.07, 6.45) is 4.19. The molecule has 0 aliphatic carbocycles. The molecule has 1 aliphatic rings. The van der Waals surface area contributed by atoms with E-state index in [4.69, 9.17) is 5.73 Å². The van der Waals surface area contributed by atoms with Crippen molar-refractivity contribution in [3.63, 3.8) is 0 Å². The van der Waals surface area contributed by atoms with E-state index < -0.39 is 0 Å². The summed E-state index contributed by atoms with van der Waals surface area (Å²) < 4.78 is 0. The first-order chi connectivity index (χ1) is 7.34.